The molecule has 100 valence electrons. The molecule has 19 heavy (non-hydrogen) atoms. The lowest BCUT2D eigenvalue weighted by atomic mass is 10.3. The van der Waals surface area contributed by atoms with E-state index in [4.69, 9.17) is 4.52 Å². The molecule has 1 N–H and O–H groups in total. The molecule has 2 aromatic rings. The topological polar surface area (TPSA) is 92.4 Å². The highest BCUT2D eigenvalue weighted by molar-refractivity contribution is 5.94. The summed E-state index contributed by atoms with van der Waals surface area (Å²) in [6.07, 6.45) is 1.46. The molecule has 0 aromatic carbocycles. The molecule has 0 fully saturated rings. The molecule has 2 rings (SSSR count). The summed E-state index contributed by atoms with van der Waals surface area (Å²) in [4.78, 5) is 21.6. The van der Waals surface area contributed by atoms with Crippen LogP contribution < -0.4 is 0 Å². The molecule has 0 bridgehead atoms. The standard InChI is InChI=1S/C12H14N4O3/c1-3-16(7-10-14-8(2)19-15-10)12(18)11-9(17)5-4-6-13-11/h4-6,17H,3,7H2,1-2H3. The molecule has 2 aromatic heterocycles. The molecule has 0 atom stereocenters. The molecule has 0 saturated heterocycles. The van der Waals surface area contributed by atoms with E-state index >= 15 is 0 Å². The van der Waals surface area contributed by atoms with Crippen LogP contribution in [0.25, 0.3) is 0 Å². The summed E-state index contributed by atoms with van der Waals surface area (Å²) in [6, 6.07) is 2.98. The summed E-state index contributed by atoms with van der Waals surface area (Å²) in [6.45, 7) is 4.16. The fraction of sp³-hybridized carbons (Fsp3) is 0.333. The van der Waals surface area contributed by atoms with E-state index in [1.54, 1.807) is 13.0 Å². The molecule has 0 unspecified atom stereocenters. The number of aromatic hydroxyl groups is 1. The van der Waals surface area contributed by atoms with Gasteiger partial charge in [-0.15, -0.1) is 0 Å². The van der Waals surface area contributed by atoms with Crippen molar-refractivity contribution in [3.05, 3.63) is 35.7 Å². The number of hydrogen-bond donors (Lipinski definition) is 1. The Bertz CT molecular complexity index is 582. The second-order valence-corrected chi connectivity index (χ2v) is 3.92. The van der Waals surface area contributed by atoms with Gasteiger partial charge in [-0.05, 0) is 19.1 Å². The van der Waals surface area contributed by atoms with Crippen molar-refractivity contribution in [3.8, 4) is 5.75 Å². The first-order valence-electron chi connectivity index (χ1n) is 5.84. The van der Waals surface area contributed by atoms with E-state index in [1.807, 2.05) is 6.92 Å². The molecule has 0 aliphatic heterocycles. The molecule has 7 heteroatoms. The zero-order valence-electron chi connectivity index (χ0n) is 10.7. The van der Waals surface area contributed by atoms with Gasteiger partial charge >= 0.3 is 0 Å². The molecule has 0 aliphatic carbocycles. The molecule has 2 heterocycles. The Morgan fingerprint density at radius 2 is 2.32 bits per heavy atom. The predicted octanol–water partition coefficient (Wildman–Crippen LogP) is 1.14. The second-order valence-electron chi connectivity index (χ2n) is 3.92. The maximum Gasteiger partial charge on any atom is 0.276 e. The van der Waals surface area contributed by atoms with Crippen LogP contribution in [0.1, 0.15) is 29.1 Å². The number of nitrogens with zero attached hydrogens (tertiary/aromatic N) is 4. The van der Waals surface area contributed by atoms with Gasteiger partial charge < -0.3 is 14.5 Å². The van der Waals surface area contributed by atoms with Crippen molar-refractivity contribution in [3.63, 3.8) is 0 Å². The van der Waals surface area contributed by atoms with Gasteiger partial charge in [0.1, 0.15) is 5.75 Å². The first kappa shape index (κ1) is 13.0. The Hall–Kier alpha value is -2.44. The first-order valence-corrected chi connectivity index (χ1v) is 5.84. The second kappa shape index (κ2) is 5.47. The Balaban J connectivity index is 2.18. The van der Waals surface area contributed by atoms with Gasteiger partial charge in [0.05, 0.1) is 6.54 Å². The molecule has 0 radical (unpaired) electrons. The maximum absolute atomic E-state index is 12.2. The number of aryl methyl sites for hydroxylation is 1. The van der Waals surface area contributed by atoms with E-state index in [0.717, 1.165) is 0 Å². The molecule has 0 saturated carbocycles. The lowest BCUT2D eigenvalue weighted by Gasteiger charge is -2.18. The van der Waals surface area contributed by atoms with Gasteiger partial charge in [0.25, 0.3) is 5.91 Å². The third-order valence-electron chi connectivity index (χ3n) is 2.56. The Morgan fingerprint density at radius 3 is 2.89 bits per heavy atom. The van der Waals surface area contributed by atoms with Crippen LogP contribution in [0.3, 0.4) is 0 Å². The summed E-state index contributed by atoms with van der Waals surface area (Å²) in [5, 5.41) is 13.4. The highest BCUT2D eigenvalue weighted by atomic mass is 16.5. The largest absolute Gasteiger partial charge is 0.505 e. The molecular formula is C12H14N4O3. The molecule has 1 amide bonds. The van der Waals surface area contributed by atoms with Gasteiger partial charge in [-0.3, -0.25) is 4.79 Å². The van der Waals surface area contributed by atoms with Gasteiger partial charge in [0, 0.05) is 19.7 Å². The lowest BCUT2D eigenvalue weighted by Crippen LogP contribution is -2.31. The Kier molecular flexibility index (Phi) is 3.74. The van der Waals surface area contributed by atoms with E-state index in [0.29, 0.717) is 18.3 Å². The molecule has 0 spiro atoms. The average Bonchev–Trinajstić information content (AvgIpc) is 2.81. The molecule has 0 aliphatic rings. The number of carbonyl (C=O) groups excluding carboxylic acids is 1. The zero-order chi connectivity index (χ0) is 13.8. The average molecular weight is 262 g/mol. The number of pyridine rings is 1. The summed E-state index contributed by atoms with van der Waals surface area (Å²) < 4.78 is 4.85. The monoisotopic (exact) mass is 262 g/mol. The van der Waals surface area contributed by atoms with Crippen LogP contribution in [-0.2, 0) is 6.54 Å². The van der Waals surface area contributed by atoms with Crippen LogP contribution in [0, 0.1) is 6.92 Å². The normalized spacial score (nSPS) is 10.4. The molecule has 7 nitrogen and oxygen atoms in total. The van der Waals surface area contributed by atoms with E-state index in [1.165, 1.54) is 17.2 Å². The minimum Gasteiger partial charge on any atom is -0.505 e. The van der Waals surface area contributed by atoms with E-state index in [2.05, 4.69) is 15.1 Å². The number of carbonyl (C=O) groups is 1. The minimum absolute atomic E-state index is 0.0181. The van der Waals surface area contributed by atoms with Crippen molar-refractivity contribution in [1.82, 2.24) is 20.0 Å². The summed E-state index contributed by atoms with van der Waals surface area (Å²) in [7, 11) is 0. The summed E-state index contributed by atoms with van der Waals surface area (Å²) >= 11 is 0. The number of amides is 1. The van der Waals surface area contributed by atoms with Crippen molar-refractivity contribution in [2.24, 2.45) is 0 Å². The van der Waals surface area contributed by atoms with Crippen molar-refractivity contribution in [2.75, 3.05) is 6.54 Å². The lowest BCUT2D eigenvalue weighted by molar-refractivity contribution is 0.0738. The highest BCUT2D eigenvalue weighted by Crippen LogP contribution is 2.16. The minimum atomic E-state index is -0.372. The predicted molar refractivity (Wildman–Crippen MR) is 65.4 cm³/mol. The van der Waals surface area contributed by atoms with Gasteiger partial charge in [0.2, 0.25) is 5.89 Å². The van der Waals surface area contributed by atoms with Crippen molar-refractivity contribution < 1.29 is 14.4 Å². The zero-order valence-corrected chi connectivity index (χ0v) is 10.7. The Morgan fingerprint density at radius 1 is 1.53 bits per heavy atom. The van der Waals surface area contributed by atoms with Crippen molar-refractivity contribution in [2.45, 2.75) is 20.4 Å². The van der Waals surface area contributed by atoms with Crippen LogP contribution in [0.15, 0.2) is 22.9 Å². The number of hydrogen-bond acceptors (Lipinski definition) is 6. The van der Waals surface area contributed by atoms with Gasteiger partial charge in [0.15, 0.2) is 11.5 Å². The van der Waals surface area contributed by atoms with Crippen molar-refractivity contribution >= 4 is 5.91 Å². The van der Waals surface area contributed by atoms with Crippen LogP contribution in [-0.4, -0.2) is 37.6 Å². The quantitative estimate of drug-likeness (QED) is 0.888. The van der Waals surface area contributed by atoms with Gasteiger partial charge in [-0.1, -0.05) is 5.16 Å². The first-order chi connectivity index (χ1) is 9.11. The van der Waals surface area contributed by atoms with Crippen molar-refractivity contribution in [1.29, 1.82) is 0 Å². The third-order valence-corrected chi connectivity index (χ3v) is 2.56. The van der Waals surface area contributed by atoms with Crippen LogP contribution in [0.2, 0.25) is 0 Å². The van der Waals surface area contributed by atoms with E-state index < -0.39 is 0 Å². The molecular weight excluding hydrogens is 248 g/mol. The highest BCUT2D eigenvalue weighted by Gasteiger charge is 2.20. The maximum atomic E-state index is 12.2. The van der Waals surface area contributed by atoms with Gasteiger partial charge in [-0.25, -0.2) is 4.98 Å². The summed E-state index contributed by atoms with van der Waals surface area (Å²) in [5.41, 5.74) is 0.0181. The van der Waals surface area contributed by atoms with E-state index in [9.17, 15) is 9.90 Å². The number of rotatable bonds is 4. The van der Waals surface area contributed by atoms with Gasteiger partial charge in [-0.2, -0.15) is 4.98 Å². The van der Waals surface area contributed by atoms with Crippen LogP contribution in [0.4, 0.5) is 0 Å². The fourth-order valence-corrected chi connectivity index (χ4v) is 1.61. The number of aromatic nitrogens is 3. The van der Waals surface area contributed by atoms with Crippen LogP contribution in [0.5, 0.6) is 5.75 Å². The van der Waals surface area contributed by atoms with Crippen LogP contribution >= 0.6 is 0 Å². The fourth-order valence-electron chi connectivity index (χ4n) is 1.61. The van der Waals surface area contributed by atoms with E-state index in [-0.39, 0.29) is 23.9 Å². The smallest absolute Gasteiger partial charge is 0.276 e. The summed E-state index contributed by atoms with van der Waals surface area (Å²) in [5.74, 6) is 0.348. The Labute approximate surface area is 109 Å². The third kappa shape index (κ3) is 2.87. The SMILES string of the molecule is CCN(Cc1noc(C)n1)C(=O)c1ncccc1O.